The van der Waals surface area contributed by atoms with Gasteiger partial charge in [0.1, 0.15) is 0 Å². The van der Waals surface area contributed by atoms with Crippen molar-refractivity contribution in [3.8, 4) is 0 Å². The lowest BCUT2D eigenvalue weighted by atomic mass is 10.2. The van der Waals surface area contributed by atoms with E-state index in [0.717, 1.165) is 5.69 Å². The van der Waals surface area contributed by atoms with Crippen LogP contribution in [0.25, 0.3) is 0 Å². The lowest BCUT2D eigenvalue weighted by molar-refractivity contribution is 0.961. The minimum absolute atomic E-state index is 0.714. The van der Waals surface area contributed by atoms with E-state index in [9.17, 15) is 0 Å². The van der Waals surface area contributed by atoms with Gasteiger partial charge < -0.3 is 5.32 Å². The molecule has 1 aromatic carbocycles. The van der Waals surface area contributed by atoms with Crippen molar-refractivity contribution in [2.24, 2.45) is 0 Å². The molecule has 0 aliphatic rings. The first-order valence-electron chi connectivity index (χ1n) is 3.83. The van der Waals surface area contributed by atoms with E-state index >= 15 is 0 Å². The Labute approximate surface area is 79.8 Å². The van der Waals surface area contributed by atoms with E-state index < -0.39 is 0 Å². The van der Waals surface area contributed by atoms with Crippen LogP contribution in [0.4, 0.5) is 10.8 Å². The van der Waals surface area contributed by atoms with Crippen LogP contribution in [-0.2, 0) is 0 Å². The summed E-state index contributed by atoms with van der Waals surface area (Å²) < 4.78 is 3.66. The molecule has 1 aromatic heterocycles. The standard InChI is InChI=1S/C8H8N4S/c1-6-3-2-4-7(5-6)9-8-10-11-12-13-8/h2-5H,1H3,(H,9,10,12). The fraction of sp³-hybridized carbons (Fsp3) is 0.125. The molecule has 4 nitrogen and oxygen atoms in total. The molecule has 0 saturated carbocycles. The number of hydrogen-bond donors (Lipinski definition) is 1. The Balaban J connectivity index is 2.19. The molecule has 0 spiro atoms. The minimum Gasteiger partial charge on any atom is -0.329 e. The van der Waals surface area contributed by atoms with Gasteiger partial charge in [-0.2, -0.15) is 0 Å². The molecule has 0 bridgehead atoms. The largest absolute Gasteiger partial charge is 0.329 e. The lowest BCUT2D eigenvalue weighted by Crippen LogP contribution is -1.89. The number of aromatic nitrogens is 3. The number of aryl methyl sites for hydroxylation is 1. The lowest BCUT2D eigenvalue weighted by Gasteiger charge is -2.01. The quantitative estimate of drug-likeness (QED) is 0.790. The third-order valence-corrected chi connectivity index (χ3v) is 2.08. The van der Waals surface area contributed by atoms with Crippen LogP contribution >= 0.6 is 11.5 Å². The van der Waals surface area contributed by atoms with E-state index in [1.807, 2.05) is 31.2 Å². The summed E-state index contributed by atoms with van der Waals surface area (Å²) in [5.74, 6) is 0. The van der Waals surface area contributed by atoms with Gasteiger partial charge in [-0.15, -0.1) is 0 Å². The Morgan fingerprint density at radius 2 is 2.31 bits per heavy atom. The average molecular weight is 192 g/mol. The molecule has 2 rings (SSSR count). The van der Waals surface area contributed by atoms with E-state index in [1.165, 1.54) is 17.1 Å². The number of hydrogen-bond acceptors (Lipinski definition) is 5. The van der Waals surface area contributed by atoms with Gasteiger partial charge in [0, 0.05) is 17.2 Å². The molecular weight excluding hydrogens is 184 g/mol. The third-order valence-electron chi connectivity index (χ3n) is 1.57. The molecule has 0 saturated heterocycles. The molecule has 0 unspecified atom stereocenters. The third kappa shape index (κ3) is 2.00. The fourth-order valence-corrected chi connectivity index (χ4v) is 1.42. The van der Waals surface area contributed by atoms with Crippen LogP contribution < -0.4 is 5.32 Å². The highest BCUT2D eigenvalue weighted by molar-refractivity contribution is 7.09. The average Bonchev–Trinajstić information content (AvgIpc) is 2.57. The van der Waals surface area contributed by atoms with Crippen molar-refractivity contribution < 1.29 is 0 Å². The first-order chi connectivity index (χ1) is 6.34. The first-order valence-corrected chi connectivity index (χ1v) is 4.61. The molecule has 1 heterocycles. The van der Waals surface area contributed by atoms with Gasteiger partial charge in [0.25, 0.3) is 0 Å². The summed E-state index contributed by atoms with van der Waals surface area (Å²) in [5, 5.41) is 11.1. The summed E-state index contributed by atoms with van der Waals surface area (Å²) in [5.41, 5.74) is 2.22. The first kappa shape index (κ1) is 8.12. The molecule has 0 aliphatic carbocycles. The SMILES string of the molecule is Cc1cccc(Nc2nnns2)c1. The minimum atomic E-state index is 0.714. The maximum atomic E-state index is 3.79. The van der Waals surface area contributed by atoms with Crippen molar-refractivity contribution in [1.82, 2.24) is 14.8 Å². The van der Waals surface area contributed by atoms with Crippen LogP contribution in [0, 0.1) is 6.92 Å². The number of nitrogens with zero attached hydrogens (tertiary/aromatic N) is 3. The molecule has 66 valence electrons. The molecule has 2 aromatic rings. The normalized spacial score (nSPS) is 9.92. The van der Waals surface area contributed by atoms with E-state index in [1.54, 1.807) is 0 Å². The fourth-order valence-electron chi connectivity index (χ4n) is 1.03. The van der Waals surface area contributed by atoms with Gasteiger partial charge >= 0.3 is 0 Å². The number of anilines is 2. The summed E-state index contributed by atoms with van der Waals surface area (Å²) in [6.45, 7) is 2.05. The van der Waals surface area contributed by atoms with Crippen molar-refractivity contribution >= 4 is 22.4 Å². The summed E-state index contributed by atoms with van der Waals surface area (Å²) in [7, 11) is 0. The number of benzene rings is 1. The molecule has 0 aliphatic heterocycles. The second-order valence-electron chi connectivity index (χ2n) is 2.66. The zero-order chi connectivity index (χ0) is 9.10. The van der Waals surface area contributed by atoms with Crippen molar-refractivity contribution in [2.75, 3.05) is 5.32 Å². The van der Waals surface area contributed by atoms with Gasteiger partial charge in [-0.1, -0.05) is 21.7 Å². The van der Waals surface area contributed by atoms with Crippen LogP contribution in [-0.4, -0.2) is 14.8 Å². The van der Waals surface area contributed by atoms with Crippen molar-refractivity contribution in [3.63, 3.8) is 0 Å². The number of nitrogens with one attached hydrogen (secondary N) is 1. The summed E-state index contributed by atoms with van der Waals surface area (Å²) >= 11 is 1.24. The Kier molecular flexibility index (Phi) is 2.18. The molecule has 0 radical (unpaired) electrons. The second-order valence-corrected chi connectivity index (χ2v) is 3.39. The smallest absolute Gasteiger partial charge is 0.229 e. The van der Waals surface area contributed by atoms with Crippen molar-refractivity contribution in [2.45, 2.75) is 6.92 Å². The zero-order valence-corrected chi connectivity index (χ0v) is 7.88. The topological polar surface area (TPSA) is 50.7 Å². The molecule has 13 heavy (non-hydrogen) atoms. The summed E-state index contributed by atoms with van der Waals surface area (Å²) in [6, 6.07) is 8.06. The highest BCUT2D eigenvalue weighted by Gasteiger charge is 1.97. The Morgan fingerprint density at radius 3 is 3.00 bits per heavy atom. The van der Waals surface area contributed by atoms with E-state index in [0.29, 0.717) is 5.13 Å². The van der Waals surface area contributed by atoms with E-state index in [-0.39, 0.29) is 0 Å². The summed E-state index contributed by atoms with van der Waals surface area (Å²) in [4.78, 5) is 0. The van der Waals surface area contributed by atoms with Gasteiger partial charge in [0.15, 0.2) is 0 Å². The monoisotopic (exact) mass is 192 g/mol. The van der Waals surface area contributed by atoms with Gasteiger partial charge in [0.2, 0.25) is 5.13 Å². The van der Waals surface area contributed by atoms with E-state index in [2.05, 4.69) is 20.1 Å². The van der Waals surface area contributed by atoms with Gasteiger partial charge in [-0.05, 0) is 29.8 Å². The molecule has 0 fully saturated rings. The number of rotatable bonds is 2. The highest BCUT2D eigenvalue weighted by atomic mass is 32.1. The van der Waals surface area contributed by atoms with Gasteiger partial charge in [-0.3, -0.25) is 0 Å². The molecular formula is C8H8N4S. The van der Waals surface area contributed by atoms with Gasteiger partial charge in [0.05, 0.1) is 0 Å². The highest BCUT2D eigenvalue weighted by Crippen LogP contribution is 2.16. The van der Waals surface area contributed by atoms with Crippen molar-refractivity contribution in [3.05, 3.63) is 29.8 Å². The second kappa shape index (κ2) is 3.49. The molecule has 1 N–H and O–H groups in total. The van der Waals surface area contributed by atoms with E-state index in [4.69, 9.17) is 0 Å². The van der Waals surface area contributed by atoms with Crippen molar-refractivity contribution in [1.29, 1.82) is 0 Å². The Hall–Kier alpha value is -1.49. The van der Waals surface area contributed by atoms with Crippen LogP contribution in [0.3, 0.4) is 0 Å². The van der Waals surface area contributed by atoms with Crippen LogP contribution in [0.2, 0.25) is 0 Å². The maximum Gasteiger partial charge on any atom is 0.229 e. The Bertz CT molecular complexity index is 385. The molecule has 5 heteroatoms. The van der Waals surface area contributed by atoms with Crippen LogP contribution in [0.15, 0.2) is 24.3 Å². The van der Waals surface area contributed by atoms with Crippen LogP contribution in [0.1, 0.15) is 5.56 Å². The van der Waals surface area contributed by atoms with Crippen LogP contribution in [0.5, 0.6) is 0 Å². The Morgan fingerprint density at radius 1 is 1.38 bits per heavy atom. The maximum absolute atomic E-state index is 3.79. The molecule has 0 amide bonds. The molecule has 0 atom stereocenters. The van der Waals surface area contributed by atoms with Gasteiger partial charge in [-0.25, -0.2) is 0 Å². The summed E-state index contributed by atoms with van der Waals surface area (Å²) in [6.07, 6.45) is 0. The zero-order valence-electron chi connectivity index (χ0n) is 7.06. The predicted octanol–water partition coefficient (Wildman–Crippen LogP) is 1.99. The predicted molar refractivity (Wildman–Crippen MR) is 52.2 cm³/mol.